The minimum absolute atomic E-state index is 0.0992. The van der Waals surface area contributed by atoms with Crippen LogP contribution in [0.5, 0.6) is 11.5 Å². The van der Waals surface area contributed by atoms with Crippen LogP contribution in [0.4, 0.5) is 17.3 Å². The third kappa shape index (κ3) is 2.95. The van der Waals surface area contributed by atoms with Gasteiger partial charge in [-0.25, -0.2) is 9.97 Å². The summed E-state index contributed by atoms with van der Waals surface area (Å²) in [5.41, 5.74) is 5.89. The molecule has 4 rings (SSSR count). The number of hydrogen-bond acceptors (Lipinski definition) is 4. The Hall–Kier alpha value is -2.88. The lowest BCUT2D eigenvalue weighted by molar-refractivity contribution is 0.470. The first-order valence-electron chi connectivity index (χ1n) is 9.28. The van der Waals surface area contributed by atoms with E-state index in [1.54, 1.807) is 6.20 Å². The van der Waals surface area contributed by atoms with Gasteiger partial charge in [0, 0.05) is 11.9 Å². The summed E-state index contributed by atoms with van der Waals surface area (Å²) in [6.07, 6.45) is 1.80. The van der Waals surface area contributed by atoms with E-state index in [1.165, 1.54) is 16.7 Å². The van der Waals surface area contributed by atoms with Gasteiger partial charge in [-0.3, -0.25) is 4.90 Å². The number of aryl methyl sites for hydroxylation is 3. The number of rotatable bonds is 1. The SMILES string of the molecule is Cc1ccc2c(n1)N(c1c(C)cc(C(C)(C)C)cc1C)c1ncccc1O2. The molecule has 0 saturated heterocycles. The minimum Gasteiger partial charge on any atom is -0.450 e. The molecule has 0 radical (unpaired) electrons. The zero-order chi connectivity index (χ0) is 19.3. The van der Waals surface area contributed by atoms with E-state index < -0.39 is 0 Å². The highest BCUT2D eigenvalue weighted by Crippen LogP contribution is 2.50. The van der Waals surface area contributed by atoms with Crippen LogP contribution in [0.1, 0.15) is 43.2 Å². The Balaban J connectivity index is 1.99. The molecule has 0 unspecified atom stereocenters. The number of ether oxygens (including phenoxy) is 1. The molecule has 0 atom stereocenters. The molecule has 27 heavy (non-hydrogen) atoms. The molecule has 0 aliphatic carbocycles. The zero-order valence-corrected chi connectivity index (χ0v) is 16.8. The maximum atomic E-state index is 6.08. The number of hydrogen-bond donors (Lipinski definition) is 0. The van der Waals surface area contributed by atoms with E-state index >= 15 is 0 Å². The second kappa shape index (κ2) is 6.08. The maximum Gasteiger partial charge on any atom is 0.182 e. The molecule has 138 valence electrons. The molecule has 0 spiro atoms. The van der Waals surface area contributed by atoms with E-state index in [9.17, 15) is 0 Å². The molecule has 1 aliphatic heterocycles. The lowest BCUT2D eigenvalue weighted by Crippen LogP contribution is -2.21. The van der Waals surface area contributed by atoms with Crippen LogP contribution in [-0.2, 0) is 5.41 Å². The van der Waals surface area contributed by atoms with Crippen molar-refractivity contribution < 1.29 is 4.74 Å². The van der Waals surface area contributed by atoms with Gasteiger partial charge in [0.1, 0.15) is 0 Å². The van der Waals surface area contributed by atoms with E-state index in [0.717, 1.165) is 34.5 Å². The van der Waals surface area contributed by atoms with Gasteiger partial charge in [0.2, 0.25) is 0 Å². The van der Waals surface area contributed by atoms with Crippen LogP contribution < -0.4 is 9.64 Å². The highest BCUT2D eigenvalue weighted by Gasteiger charge is 2.31. The van der Waals surface area contributed by atoms with Crippen molar-refractivity contribution in [2.24, 2.45) is 0 Å². The molecule has 4 nitrogen and oxygen atoms in total. The number of fused-ring (bicyclic) bond motifs is 2. The van der Waals surface area contributed by atoms with Gasteiger partial charge in [0.05, 0.1) is 5.69 Å². The lowest BCUT2D eigenvalue weighted by atomic mass is 9.84. The Labute approximate surface area is 160 Å². The fraction of sp³-hybridized carbons (Fsp3) is 0.304. The molecule has 1 aliphatic rings. The van der Waals surface area contributed by atoms with Crippen molar-refractivity contribution in [2.75, 3.05) is 4.90 Å². The first kappa shape index (κ1) is 17.5. The number of anilines is 3. The highest BCUT2D eigenvalue weighted by molar-refractivity contribution is 5.84. The molecular weight excluding hydrogens is 334 g/mol. The third-order valence-corrected chi connectivity index (χ3v) is 4.95. The quantitative estimate of drug-likeness (QED) is 0.401. The monoisotopic (exact) mass is 359 g/mol. The van der Waals surface area contributed by atoms with Gasteiger partial charge in [0.25, 0.3) is 0 Å². The Bertz CT molecular complexity index is 1010. The lowest BCUT2D eigenvalue weighted by Gasteiger charge is -2.33. The van der Waals surface area contributed by atoms with Crippen LogP contribution in [0.3, 0.4) is 0 Å². The Morgan fingerprint density at radius 2 is 1.56 bits per heavy atom. The van der Waals surface area contributed by atoms with Crippen molar-refractivity contribution in [1.82, 2.24) is 9.97 Å². The van der Waals surface area contributed by atoms with Crippen LogP contribution in [0.25, 0.3) is 0 Å². The fourth-order valence-electron chi connectivity index (χ4n) is 3.57. The summed E-state index contributed by atoms with van der Waals surface area (Å²) in [5, 5.41) is 0. The van der Waals surface area contributed by atoms with Gasteiger partial charge in [0.15, 0.2) is 23.1 Å². The summed E-state index contributed by atoms with van der Waals surface area (Å²) >= 11 is 0. The molecular formula is C23H25N3O. The smallest absolute Gasteiger partial charge is 0.182 e. The zero-order valence-electron chi connectivity index (χ0n) is 16.8. The van der Waals surface area contributed by atoms with Crippen LogP contribution in [0.2, 0.25) is 0 Å². The van der Waals surface area contributed by atoms with Gasteiger partial charge in [-0.05, 0) is 67.1 Å². The normalized spacial score (nSPS) is 13.0. The molecule has 0 fully saturated rings. The molecule has 0 N–H and O–H groups in total. The summed E-state index contributed by atoms with van der Waals surface area (Å²) in [6.45, 7) is 13.0. The topological polar surface area (TPSA) is 38.2 Å². The van der Waals surface area contributed by atoms with Gasteiger partial charge in [-0.15, -0.1) is 0 Å². The number of pyridine rings is 2. The molecule has 2 aromatic heterocycles. The van der Waals surface area contributed by atoms with Gasteiger partial charge < -0.3 is 4.74 Å². The van der Waals surface area contributed by atoms with Crippen LogP contribution in [0, 0.1) is 20.8 Å². The van der Waals surface area contributed by atoms with Crippen LogP contribution in [-0.4, -0.2) is 9.97 Å². The second-order valence-corrected chi connectivity index (χ2v) is 8.25. The van der Waals surface area contributed by atoms with Crippen molar-refractivity contribution in [3.8, 4) is 11.5 Å². The van der Waals surface area contributed by atoms with E-state index in [4.69, 9.17) is 9.72 Å². The summed E-state index contributed by atoms with van der Waals surface area (Å²) in [4.78, 5) is 11.5. The highest BCUT2D eigenvalue weighted by atomic mass is 16.5. The number of aromatic nitrogens is 2. The number of benzene rings is 1. The van der Waals surface area contributed by atoms with Gasteiger partial charge >= 0.3 is 0 Å². The second-order valence-electron chi connectivity index (χ2n) is 8.25. The Morgan fingerprint density at radius 1 is 0.889 bits per heavy atom. The molecule has 0 bridgehead atoms. The van der Waals surface area contributed by atoms with Crippen molar-refractivity contribution in [3.05, 3.63) is 65.0 Å². The van der Waals surface area contributed by atoms with E-state index in [1.807, 2.05) is 31.2 Å². The Kier molecular flexibility index (Phi) is 3.95. The van der Waals surface area contributed by atoms with Crippen LogP contribution >= 0.6 is 0 Å². The predicted octanol–water partition coefficient (Wildman–Crippen LogP) is 6.27. The third-order valence-electron chi connectivity index (χ3n) is 4.95. The molecule has 3 heterocycles. The number of nitrogens with zero attached hydrogens (tertiary/aromatic N) is 3. The predicted molar refractivity (Wildman–Crippen MR) is 110 cm³/mol. The van der Waals surface area contributed by atoms with E-state index in [2.05, 4.69) is 56.6 Å². The molecule has 3 aromatic rings. The molecule has 0 saturated carbocycles. The van der Waals surface area contributed by atoms with Gasteiger partial charge in [-0.1, -0.05) is 32.9 Å². The first-order valence-corrected chi connectivity index (χ1v) is 9.28. The minimum atomic E-state index is 0.0992. The largest absolute Gasteiger partial charge is 0.450 e. The molecule has 4 heteroatoms. The standard InChI is InChI=1S/C23H25N3O/c1-14-12-17(23(4,5)6)13-15(2)20(14)26-21-18(8-7-11-24-21)27-19-10-9-16(3)25-22(19)26/h7-13H,1-6H3. The van der Waals surface area contributed by atoms with Crippen molar-refractivity contribution >= 4 is 17.3 Å². The summed E-state index contributed by atoms with van der Waals surface area (Å²) < 4.78 is 6.08. The Morgan fingerprint density at radius 3 is 2.22 bits per heavy atom. The maximum absolute atomic E-state index is 6.08. The summed E-state index contributed by atoms with van der Waals surface area (Å²) in [5.74, 6) is 3.06. The average Bonchev–Trinajstić information content (AvgIpc) is 2.60. The fourth-order valence-corrected chi connectivity index (χ4v) is 3.57. The van der Waals surface area contributed by atoms with Gasteiger partial charge in [-0.2, -0.15) is 0 Å². The van der Waals surface area contributed by atoms with E-state index in [-0.39, 0.29) is 5.41 Å². The van der Waals surface area contributed by atoms with Crippen molar-refractivity contribution in [3.63, 3.8) is 0 Å². The van der Waals surface area contributed by atoms with Crippen molar-refractivity contribution in [1.29, 1.82) is 0 Å². The van der Waals surface area contributed by atoms with Crippen molar-refractivity contribution in [2.45, 2.75) is 47.0 Å². The first-order chi connectivity index (χ1) is 12.8. The van der Waals surface area contributed by atoms with E-state index in [0.29, 0.717) is 0 Å². The van der Waals surface area contributed by atoms with Crippen LogP contribution in [0.15, 0.2) is 42.6 Å². The average molecular weight is 359 g/mol. The summed E-state index contributed by atoms with van der Waals surface area (Å²) in [6, 6.07) is 12.3. The molecule has 0 amide bonds. The summed E-state index contributed by atoms with van der Waals surface area (Å²) in [7, 11) is 0. The molecule has 1 aromatic carbocycles.